The van der Waals surface area contributed by atoms with E-state index in [1.807, 2.05) is 36.4 Å². The first-order valence-electron chi connectivity index (χ1n) is 7.64. The monoisotopic (exact) mass is 405 g/mol. The number of thioether (sulfide) groups is 1. The summed E-state index contributed by atoms with van der Waals surface area (Å²) in [4.78, 5) is 0. The Morgan fingerprint density at radius 3 is 2.75 bits per heavy atom. The van der Waals surface area contributed by atoms with Crippen LogP contribution in [0.25, 0.3) is 0 Å². The first kappa shape index (κ1) is 18.5. The maximum atomic E-state index is 5.86. The molecule has 6 heteroatoms. The van der Waals surface area contributed by atoms with Crippen molar-refractivity contribution in [2.24, 2.45) is 15.9 Å². The maximum absolute atomic E-state index is 5.86. The van der Waals surface area contributed by atoms with E-state index in [2.05, 4.69) is 45.2 Å². The Labute approximate surface area is 155 Å². The molecule has 0 aliphatic rings. The van der Waals surface area contributed by atoms with Gasteiger partial charge in [-0.25, -0.2) is 0 Å². The van der Waals surface area contributed by atoms with Crippen molar-refractivity contribution in [3.8, 4) is 5.75 Å². The van der Waals surface area contributed by atoms with Crippen LogP contribution in [0, 0.1) is 0 Å². The first-order chi connectivity index (χ1) is 11.7. The summed E-state index contributed by atoms with van der Waals surface area (Å²) >= 11 is 4.96. The fraction of sp³-hybridized carbons (Fsp3) is 0.222. The van der Waals surface area contributed by atoms with Crippen molar-refractivity contribution in [2.75, 3.05) is 6.61 Å². The van der Waals surface area contributed by atoms with Gasteiger partial charge in [0.25, 0.3) is 0 Å². The lowest BCUT2D eigenvalue weighted by Crippen LogP contribution is -2.06. The highest BCUT2D eigenvalue weighted by atomic mass is 79.9. The third-order valence-electron chi connectivity index (χ3n) is 3.01. The standard InChI is InChI=1S/C18H20BrN3OS/c1-2-10-23-17-9-8-15(11-16(17)19)12-21-22-18(20)24-13-14-6-4-3-5-7-14/h3-9,11-12H,2,10,13H2,1H3,(H2,20,22). The van der Waals surface area contributed by atoms with Crippen LogP contribution in [0.3, 0.4) is 0 Å². The van der Waals surface area contributed by atoms with Gasteiger partial charge in [0.15, 0.2) is 5.17 Å². The number of benzene rings is 2. The summed E-state index contributed by atoms with van der Waals surface area (Å²) in [7, 11) is 0. The molecule has 2 aromatic rings. The number of rotatable bonds is 7. The van der Waals surface area contributed by atoms with E-state index in [0.717, 1.165) is 28.0 Å². The smallest absolute Gasteiger partial charge is 0.180 e. The SMILES string of the molecule is CCCOc1ccc(C=NN=C(N)SCc2ccccc2)cc1Br. The Kier molecular flexibility index (Phi) is 7.85. The molecular formula is C18H20BrN3OS. The van der Waals surface area contributed by atoms with Gasteiger partial charge in [-0.3, -0.25) is 0 Å². The first-order valence-corrected chi connectivity index (χ1v) is 9.42. The molecule has 0 aliphatic heterocycles. The second kappa shape index (κ2) is 10.2. The highest BCUT2D eigenvalue weighted by Crippen LogP contribution is 2.25. The molecule has 0 amide bonds. The van der Waals surface area contributed by atoms with Crippen LogP contribution in [0.5, 0.6) is 5.75 Å². The molecule has 0 heterocycles. The predicted octanol–water partition coefficient (Wildman–Crippen LogP) is 4.82. The van der Waals surface area contributed by atoms with Gasteiger partial charge in [0.2, 0.25) is 0 Å². The Hall–Kier alpha value is -1.79. The van der Waals surface area contributed by atoms with Crippen molar-refractivity contribution in [3.05, 3.63) is 64.1 Å². The molecule has 0 saturated heterocycles. The van der Waals surface area contributed by atoms with Crippen LogP contribution in [0.2, 0.25) is 0 Å². The van der Waals surface area contributed by atoms with Crippen molar-refractivity contribution >= 4 is 39.1 Å². The molecule has 2 rings (SSSR count). The van der Waals surface area contributed by atoms with E-state index in [9.17, 15) is 0 Å². The molecule has 0 bridgehead atoms. The molecule has 0 atom stereocenters. The number of ether oxygens (including phenoxy) is 1. The third-order valence-corrected chi connectivity index (χ3v) is 4.49. The van der Waals surface area contributed by atoms with Gasteiger partial charge >= 0.3 is 0 Å². The fourth-order valence-corrected chi connectivity index (χ4v) is 2.96. The lowest BCUT2D eigenvalue weighted by Gasteiger charge is -2.06. The summed E-state index contributed by atoms with van der Waals surface area (Å²) in [5.41, 5.74) is 8.00. The van der Waals surface area contributed by atoms with Crippen LogP contribution in [-0.2, 0) is 5.75 Å². The number of halogens is 1. The molecule has 24 heavy (non-hydrogen) atoms. The number of nitrogens with zero attached hydrogens (tertiary/aromatic N) is 2. The quantitative estimate of drug-likeness (QED) is 0.408. The van der Waals surface area contributed by atoms with E-state index in [4.69, 9.17) is 10.5 Å². The summed E-state index contributed by atoms with van der Waals surface area (Å²) in [6.45, 7) is 2.78. The molecule has 126 valence electrons. The highest BCUT2D eigenvalue weighted by Gasteiger charge is 2.01. The van der Waals surface area contributed by atoms with Crippen LogP contribution in [0.4, 0.5) is 0 Å². The normalized spacial score (nSPS) is 11.8. The van der Waals surface area contributed by atoms with E-state index in [1.54, 1.807) is 6.21 Å². The number of hydrogen-bond donors (Lipinski definition) is 1. The average Bonchev–Trinajstić information content (AvgIpc) is 2.60. The van der Waals surface area contributed by atoms with E-state index in [0.29, 0.717) is 11.8 Å². The van der Waals surface area contributed by atoms with Gasteiger partial charge in [-0.15, -0.1) is 5.10 Å². The van der Waals surface area contributed by atoms with Crippen LogP contribution in [0.1, 0.15) is 24.5 Å². The van der Waals surface area contributed by atoms with Crippen molar-refractivity contribution in [1.29, 1.82) is 0 Å². The molecule has 0 radical (unpaired) electrons. The summed E-state index contributed by atoms with van der Waals surface area (Å²) < 4.78 is 6.51. The zero-order chi connectivity index (χ0) is 17.2. The van der Waals surface area contributed by atoms with Crippen molar-refractivity contribution in [3.63, 3.8) is 0 Å². The van der Waals surface area contributed by atoms with Crippen LogP contribution in [-0.4, -0.2) is 18.0 Å². The zero-order valence-corrected chi connectivity index (χ0v) is 15.9. The minimum absolute atomic E-state index is 0.442. The number of hydrogen-bond acceptors (Lipinski definition) is 4. The van der Waals surface area contributed by atoms with E-state index >= 15 is 0 Å². The Bertz CT molecular complexity index is 705. The van der Waals surface area contributed by atoms with Crippen molar-refractivity contribution in [1.82, 2.24) is 0 Å². The molecular weight excluding hydrogens is 386 g/mol. The second-order valence-electron chi connectivity index (χ2n) is 5.00. The number of nitrogens with two attached hydrogens (primary N) is 1. The summed E-state index contributed by atoms with van der Waals surface area (Å²) in [5.74, 6) is 1.61. The summed E-state index contributed by atoms with van der Waals surface area (Å²) in [5, 5.41) is 8.50. The zero-order valence-electron chi connectivity index (χ0n) is 13.5. The topological polar surface area (TPSA) is 60.0 Å². The Morgan fingerprint density at radius 2 is 2.04 bits per heavy atom. The van der Waals surface area contributed by atoms with Gasteiger partial charge in [0, 0.05) is 5.75 Å². The van der Waals surface area contributed by atoms with Gasteiger partial charge in [0.05, 0.1) is 17.3 Å². The van der Waals surface area contributed by atoms with Crippen LogP contribution >= 0.6 is 27.7 Å². The van der Waals surface area contributed by atoms with Gasteiger partial charge in [-0.1, -0.05) is 49.0 Å². The van der Waals surface area contributed by atoms with Crippen LogP contribution < -0.4 is 10.5 Å². The molecule has 0 unspecified atom stereocenters. The maximum Gasteiger partial charge on any atom is 0.180 e. The Morgan fingerprint density at radius 1 is 1.25 bits per heavy atom. The van der Waals surface area contributed by atoms with Gasteiger partial charge in [-0.2, -0.15) is 5.10 Å². The largest absolute Gasteiger partial charge is 0.492 e. The van der Waals surface area contributed by atoms with E-state index in [1.165, 1.54) is 17.3 Å². The fourth-order valence-electron chi connectivity index (χ4n) is 1.84. The lowest BCUT2D eigenvalue weighted by molar-refractivity contribution is 0.315. The Balaban J connectivity index is 1.89. The summed E-state index contributed by atoms with van der Waals surface area (Å²) in [6.07, 6.45) is 2.65. The predicted molar refractivity (Wildman–Crippen MR) is 107 cm³/mol. The third kappa shape index (κ3) is 6.37. The molecule has 0 aliphatic carbocycles. The minimum Gasteiger partial charge on any atom is -0.492 e. The van der Waals surface area contributed by atoms with Gasteiger partial charge < -0.3 is 10.5 Å². The molecule has 2 N–H and O–H groups in total. The molecule has 0 aromatic heterocycles. The van der Waals surface area contributed by atoms with Crippen LogP contribution in [0.15, 0.2) is 63.2 Å². The average molecular weight is 406 g/mol. The molecule has 0 fully saturated rings. The number of amidine groups is 1. The van der Waals surface area contributed by atoms with Gasteiger partial charge in [-0.05, 0) is 51.7 Å². The minimum atomic E-state index is 0.442. The van der Waals surface area contributed by atoms with Crippen molar-refractivity contribution in [2.45, 2.75) is 19.1 Å². The molecule has 0 saturated carbocycles. The summed E-state index contributed by atoms with van der Waals surface area (Å²) in [6, 6.07) is 15.9. The van der Waals surface area contributed by atoms with E-state index < -0.39 is 0 Å². The molecule has 4 nitrogen and oxygen atoms in total. The second-order valence-corrected chi connectivity index (χ2v) is 6.85. The van der Waals surface area contributed by atoms with Crippen molar-refractivity contribution < 1.29 is 4.74 Å². The highest BCUT2D eigenvalue weighted by molar-refractivity contribution is 9.10. The van der Waals surface area contributed by atoms with Gasteiger partial charge in [0.1, 0.15) is 5.75 Å². The van der Waals surface area contributed by atoms with E-state index in [-0.39, 0.29) is 0 Å². The molecule has 0 spiro atoms. The molecule has 2 aromatic carbocycles. The lowest BCUT2D eigenvalue weighted by atomic mass is 10.2.